The van der Waals surface area contributed by atoms with Crippen LogP contribution < -0.4 is 0 Å². The highest BCUT2D eigenvalue weighted by atomic mass is 16.6. The molecule has 0 aromatic heterocycles. The molecule has 0 amide bonds. The highest BCUT2D eigenvalue weighted by molar-refractivity contribution is 4.93. The lowest BCUT2D eigenvalue weighted by Crippen LogP contribution is -2.47. The van der Waals surface area contributed by atoms with Crippen LogP contribution in [0.1, 0.15) is 494 Å². The van der Waals surface area contributed by atoms with Crippen LogP contribution in [-0.4, -0.2) is 126 Å². The SMILES string of the molecule is CC.CC.CC.CC.CC.CC.CC.CC.CC(C)(C)C1CCC(C(C)(C)C)O1.CC(C)(C)C1CCC(C(C)(C)C)OC1.CC(C)(C)C1CCC(C(C)(C)C)OC1.CC(C)(C)C1COC(C(C)(C)C)C1.CC(C)(C)C1COC(C(C)(C)C)C1.CC(C)(C)C1COC(C(C)(C)C)CO1.CC(C)(C)C1COC(C(C)(C)C)CO1.CC(C)C1CC(C(C)(C)C)O1. The van der Waals surface area contributed by atoms with Gasteiger partial charge in [-0.15, -0.1) is 0 Å². The number of hydrogen-bond acceptors (Lipinski definition) is 10. The van der Waals surface area contributed by atoms with E-state index in [0.29, 0.717) is 114 Å². The van der Waals surface area contributed by atoms with Gasteiger partial charge < -0.3 is 47.4 Å². The fraction of sp³-hybridized carbons (Fsp3) is 1.00. The van der Waals surface area contributed by atoms with Crippen LogP contribution >= 0.6 is 0 Å². The van der Waals surface area contributed by atoms with E-state index in [9.17, 15) is 0 Å². The third kappa shape index (κ3) is 59.2. The molecular formula is C112H240O10. The van der Waals surface area contributed by atoms with Crippen molar-refractivity contribution >= 4 is 0 Å². The Balaban J connectivity index is -0.000000198. The average molecular weight is 1750 g/mol. The summed E-state index contributed by atoms with van der Waals surface area (Å²) in [4.78, 5) is 0. The normalized spacial score (nSPS) is 27.1. The smallest absolute Gasteiger partial charge is 0.0858 e. The first kappa shape index (κ1) is 137. The summed E-state index contributed by atoms with van der Waals surface area (Å²) >= 11 is 0. The fourth-order valence-electron chi connectivity index (χ4n) is 14.2. The number of hydrogen-bond donors (Lipinski definition) is 0. The molecule has 748 valence electrons. The van der Waals surface area contributed by atoms with Crippen molar-refractivity contribution in [1.29, 1.82) is 0 Å². The maximum Gasteiger partial charge on any atom is 0.0858 e. The first-order chi connectivity index (χ1) is 54.9. The van der Waals surface area contributed by atoms with Gasteiger partial charge >= 0.3 is 0 Å². The highest BCUT2D eigenvalue weighted by Crippen LogP contribution is 2.46. The summed E-state index contributed by atoms with van der Waals surface area (Å²) in [5.74, 6) is 3.63. The Bertz CT molecular complexity index is 1930. The molecule has 10 heteroatoms. The van der Waals surface area contributed by atoms with E-state index in [2.05, 4.69) is 325 Å². The van der Waals surface area contributed by atoms with Gasteiger partial charge in [-0.3, -0.25) is 0 Å². The maximum absolute atomic E-state index is 6.09. The van der Waals surface area contributed by atoms with E-state index in [-0.39, 0.29) is 46.1 Å². The Kier molecular flexibility index (Phi) is 69.0. The summed E-state index contributed by atoms with van der Waals surface area (Å²) in [7, 11) is 0. The van der Waals surface area contributed by atoms with Gasteiger partial charge in [0.15, 0.2) is 0 Å². The maximum atomic E-state index is 6.09. The molecule has 8 aliphatic heterocycles. The molecule has 0 N–H and O–H groups in total. The van der Waals surface area contributed by atoms with Gasteiger partial charge in [-0.05, 0) is 162 Å². The van der Waals surface area contributed by atoms with Gasteiger partial charge in [-0.1, -0.05) is 436 Å². The first-order valence-electron chi connectivity index (χ1n) is 51.1. The molecule has 8 rings (SSSR count). The molecule has 8 saturated heterocycles. The molecule has 122 heavy (non-hydrogen) atoms. The standard InChI is InChI=1S/2C13H26O.2C12H24O2.3C12H24O.C10H20O.8C2H6/c2*1-12(2,3)10-7-8-11(14-9-10)13(4,5)6;2*1-11(2,3)9-7-14-10(8-13-9)12(4,5)6;2*1-11(2,3)9-7-10(13-8-9)12(4,5)6;1-11(2,3)9-7-8-10(13-9)12(4,5)6;1-7(2)8-6-9(11-8)10(3,4)5;8*1-2/h2*10-11H,7-9H2,1-6H3;2*9-10H,7-8H2,1-6H3;3*9-10H,7-8H2,1-6H3;7-9H,6H2,1-5H3;8*1-2H3. The minimum atomic E-state index is 0.183. The van der Waals surface area contributed by atoms with Gasteiger partial charge in [0, 0.05) is 6.42 Å². The Morgan fingerprint density at radius 3 is 0.426 bits per heavy atom. The molecule has 0 saturated carbocycles. The van der Waals surface area contributed by atoms with Crippen LogP contribution in [0.15, 0.2) is 0 Å². The number of rotatable bonds is 1. The summed E-state index contributed by atoms with van der Waals surface area (Å²) in [5, 5.41) is 0. The Morgan fingerprint density at radius 1 is 0.156 bits per heavy atom. The molecule has 0 radical (unpaired) electrons. The third-order valence-corrected chi connectivity index (χ3v) is 24.4. The quantitative estimate of drug-likeness (QED) is 0.253. The van der Waals surface area contributed by atoms with E-state index in [4.69, 9.17) is 47.4 Å². The predicted octanol–water partition coefficient (Wildman–Crippen LogP) is 35.1. The molecule has 10 nitrogen and oxygen atoms in total. The highest BCUT2D eigenvalue weighted by Gasteiger charge is 2.45. The van der Waals surface area contributed by atoms with Crippen LogP contribution in [0.5, 0.6) is 0 Å². The summed E-state index contributed by atoms with van der Waals surface area (Å²) in [5.41, 5.74) is 4.53. The first-order valence-corrected chi connectivity index (χ1v) is 51.1. The van der Waals surface area contributed by atoms with Crippen molar-refractivity contribution in [2.24, 2.45) is 111 Å². The number of ether oxygens (including phenoxy) is 10. The van der Waals surface area contributed by atoms with Crippen LogP contribution in [0.3, 0.4) is 0 Å². The van der Waals surface area contributed by atoms with Crippen LogP contribution in [0.25, 0.3) is 0 Å². The minimum Gasteiger partial charge on any atom is -0.377 e. The fourth-order valence-corrected chi connectivity index (χ4v) is 14.2. The van der Waals surface area contributed by atoms with Gasteiger partial charge in [0.05, 0.1) is 126 Å². The summed E-state index contributed by atoms with van der Waals surface area (Å²) < 4.78 is 59.0. The zero-order valence-electron chi connectivity index (χ0n) is 96.4. The average Bonchev–Trinajstić information content (AvgIpc) is 1.70. The van der Waals surface area contributed by atoms with Crippen molar-refractivity contribution in [2.75, 3.05) is 52.9 Å². The Hall–Kier alpha value is -0.400. The third-order valence-electron chi connectivity index (χ3n) is 24.4. The molecule has 16 unspecified atom stereocenters. The lowest BCUT2D eigenvalue weighted by molar-refractivity contribution is -0.189. The summed E-state index contributed by atoms with van der Waals surface area (Å²) in [6.07, 6.45) is 16.0. The van der Waals surface area contributed by atoms with E-state index in [1.807, 2.05) is 111 Å². The molecule has 0 spiro atoms. The van der Waals surface area contributed by atoms with Gasteiger partial charge in [0.2, 0.25) is 0 Å². The summed E-state index contributed by atoms with van der Waals surface area (Å²) in [6.45, 7) is 145. The Morgan fingerprint density at radius 2 is 0.311 bits per heavy atom. The van der Waals surface area contributed by atoms with Gasteiger partial charge in [0.1, 0.15) is 0 Å². The molecular weight excluding hydrogens is 1510 g/mol. The zero-order valence-corrected chi connectivity index (χ0v) is 96.4. The van der Waals surface area contributed by atoms with Crippen LogP contribution in [0, 0.1) is 111 Å². The van der Waals surface area contributed by atoms with E-state index in [0.717, 1.165) is 76.5 Å². The van der Waals surface area contributed by atoms with E-state index in [1.165, 1.54) is 57.8 Å². The van der Waals surface area contributed by atoms with Crippen LogP contribution in [0.4, 0.5) is 0 Å². The van der Waals surface area contributed by atoms with Crippen LogP contribution in [0.2, 0.25) is 0 Å². The second-order valence-corrected chi connectivity index (χ2v) is 50.8. The molecule has 16 atom stereocenters. The molecule has 8 aliphatic rings. The predicted molar refractivity (Wildman–Crippen MR) is 548 cm³/mol. The van der Waals surface area contributed by atoms with Crippen molar-refractivity contribution in [2.45, 2.75) is 567 Å². The van der Waals surface area contributed by atoms with E-state index >= 15 is 0 Å². The van der Waals surface area contributed by atoms with Crippen molar-refractivity contribution in [3.8, 4) is 0 Å². The second kappa shape index (κ2) is 61.4. The van der Waals surface area contributed by atoms with Crippen molar-refractivity contribution < 1.29 is 47.4 Å². The second-order valence-electron chi connectivity index (χ2n) is 50.8. The molecule has 0 aliphatic carbocycles. The summed E-state index contributed by atoms with van der Waals surface area (Å²) in [6, 6.07) is 0. The van der Waals surface area contributed by atoms with Crippen molar-refractivity contribution in [3.05, 3.63) is 0 Å². The van der Waals surface area contributed by atoms with E-state index < -0.39 is 0 Å². The molecule has 0 aromatic carbocycles. The topological polar surface area (TPSA) is 92.3 Å². The van der Waals surface area contributed by atoms with E-state index in [1.54, 1.807) is 0 Å². The van der Waals surface area contributed by atoms with Crippen molar-refractivity contribution in [1.82, 2.24) is 0 Å². The van der Waals surface area contributed by atoms with Gasteiger partial charge in [-0.25, -0.2) is 0 Å². The van der Waals surface area contributed by atoms with Gasteiger partial charge in [0.25, 0.3) is 0 Å². The minimum absolute atomic E-state index is 0.183. The Labute approximate surface area is 773 Å². The lowest BCUT2D eigenvalue weighted by Gasteiger charge is -2.45. The largest absolute Gasteiger partial charge is 0.377 e. The van der Waals surface area contributed by atoms with Crippen LogP contribution in [-0.2, 0) is 47.4 Å². The molecule has 8 heterocycles. The van der Waals surface area contributed by atoms with Crippen molar-refractivity contribution in [3.63, 3.8) is 0 Å². The molecule has 0 aromatic rings. The molecule has 0 bridgehead atoms. The monoisotopic (exact) mass is 1750 g/mol. The zero-order chi connectivity index (χ0) is 99.4. The van der Waals surface area contributed by atoms with Gasteiger partial charge in [-0.2, -0.15) is 0 Å². The molecule has 8 fully saturated rings. The lowest BCUT2D eigenvalue weighted by atomic mass is 9.74.